The summed E-state index contributed by atoms with van der Waals surface area (Å²) in [6.07, 6.45) is 7.17. The molecule has 0 heterocycles. The molecule has 0 unspecified atom stereocenters. The van der Waals surface area contributed by atoms with Crippen LogP contribution in [0, 0.1) is 5.92 Å². The molecule has 9 nitrogen and oxygen atoms in total. The highest BCUT2D eigenvalue weighted by Gasteiger charge is 2.43. The number of ketones is 1. The van der Waals surface area contributed by atoms with Crippen molar-refractivity contribution in [3.8, 4) is 46.0 Å². The van der Waals surface area contributed by atoms with Crippen LogP contribution in [0.2, 0.25) is 0 Å². The number of allylic oxidation sites excluding steroid dienone is 4. The standard InChI is InChI=1S/C39H38O9/c1-20(2)4-10-27-31(42)13-12-28(38(27)47)39(48)36-29(26-11-9-25(41)19-33(26)44)14-21(3)15-30(36)37-34(45)16-22(17-35(37)46)5-6-23-7-8-24(40)18-32(23)43/h4-9,11-13,15-19,29-30,36,40-47H,10,14H2,1-3H3/b6-5+/t29-,30-,36-/m1/s1. The van der Waals surface area contributed by atoms with E-state index in [-0.39, 0.29) is 69.1 Å². The van der Waals surface area contributed by atoms with E-state index >= 15 is 0 Å². The van der Waals surface area contributed by atoms with Crippen LogP contribution in [0.5, 0.6) is 46.0 Å². The number of aromatic hydroxyl groups is 8. The largest absolute Gasteiger partial charge is 0.508 e. The number of rotatable bonds is 8. The maximum absolute atomic E-state index is 14.6. The molecule has 5 rings (SSSR count). The number of phenols is 8. The van der Waals surface area contributed by atoms with Crippen molar-refractivity contribution in [2.24, 2.45) is 5.92 Å². The number of benzene rings is 4. The van der Waals surface area contributed by atoms with Gasteiger partial charge in [-0.05, 0) is 87.2 Å². The van der Waals surface area contributed by atoms with Gasteiger partial charge in [0.05, 0.1) is 5.56 Å². The van der Waals surface area contributed by atoms with Gasteiger partial charge in [0.2, 0.25) is 0 Å². The number of carbonyl (C=O) groups excluding carboxylic acids is 1. The quantitative estimate of drug-likeness (QED) is 0.0538. The highest BCUT2D eigenvalue weighted by molar-refractivity contribution is 6.02. The van der Waals surface area contributed by atoms with Crippen LogP contribution >= 0.6 is 0 Å². The SMILES string of the molecule is CC(C)=CCc1c(O)ccc(C(=O)[C@@H]2[C@@H](c3ccc(O)cc3O)CC(C)=C[C@H]2c2c(O)cc(/C=C/c3ccc(O)cc3O)cc2O)c1O. The van der Waals surface area contributed by atoms with Crippen LogP contribution in [-0.4, -0.2) is 46.6 Å². The summed E-state index contributed by atoms with van der Waals surface area (Å²) in [5.41, 5.74) is 3.06. The van der Waals surface area contributed by atoms with Gasteiger partial charge in [0.15, 0.2) is 5.78 Å². The van der Waals surface area contributed by atoms with Crippen LogP contribution in [0.1, 0.15) is 77.2 Å². The molecule has 8 N–H and O–H groups in total. The molecule has 1 aliphatic rings. The molecule has 0 aliphatic heterocycles. The summed E-state index contributed by atoms with van der Waals surface area (Å²) in [7, 11) is 0. The lowest BCUT2D eigenvalue weighted by Gasteiger charge is -2.37. The molecule has 0 amide bonds. The molecule has 4 aromatic rings. The zero-order valence-electron chi connectivity index (χ0n) is 26.7. The van der Waals surface area contributed by atoms with E-state index in [1.165, 1.54) is 60.7 Å². The number of hydrogen-bond donors (Lipinski definition) is 8. The minimum absolute atomic E-state index is 0.0586. The topological polar surface area (TPSA) is 179 Å². The zero-order chi connectivity index (χ0) is 34.9. The molecule has 3 atom stereocenters. The Bertz CT molecular complexity index is 1960. The van der Waals surface area contributed by atoms with Gasteiger partial charge in [-0.1, -0.05) is 41.5 Å². The molecule has 0 bridgehead atoms. The van der Waals surface area contributed by atoms with Crippen molar-refractivity contribution in [1.82, 2.24) is 0 Å². The lowest BCUT2D eigenvalue weighted by molar-refractivity contribution is 0.0876. The summed E-state index contributed by atoms with van der Waals surface area (Å²) in [5.74, 6) is -5.11. The third-order valence-corrected chi connectivity index (χ3v) is 8.74. The Kier molecular flexibility index (Phi) is 9.43. The third-order valence-electron chi connectivity index (χ3n) is 8.74. The van der Waals surface area contributed by atoms with Crippen LogP contribution in [0.15, 0.2) is 84.0 Å². The summed E-state index contributed by atoms with van der Waals surface area (Å²) >= 11 is 0. The summed E-state index contributed by atoms with van der Waals surface area (Å²) in [4.78, 5) is 14.6. The van der Waals surface area contributed by atoms with Crippen molar-refractivity contribution in [2.45, 2.75) is 45.4 Å². The monoisotopic (exact) mass is 650 g/mol. The maximum atomic E-state index is 14.6. The Balaban J connectivity index is 1.65. The first-order valence-electron chi connectivity index (χ1n) is 15.4. The van der Waals surface area contributed by atoms with E-state index in [0.29, 0.717) is 23.1 Å². The van der Waals surface area contributed by atoms with Gasteiger partial charge in [0.1, 0.15) is 46.0 Å². The van der Waals surface area contributed by atoms with Crippen LogP contribution < -0.4 is 0 Å². The average Bonchev–Trinajstić information content (AvgIpc) is 2.99. The number of hydrogen-bond acceptors (Lipinski definition) is 9. The van der Waals surface area contributed by atoms with Gasteiger partial charge in [0.25, 0.3) is 0 Å². The lowest BCUT2D eigenvalue weighted by atomic mass is 9.65. The normalized spacial score (nSPS) is 17.6. The van der Waals surface area contributed by atoms with Gasteiger partial charge < -0.3 is 40.9 Å². The van der Waals surface area contributed by atoms with Crippen molar-refractivity contribution < 1.29 is 45.6 Å². The summed E-state index contributed by atoms with van der Waals surface area (Å²) in [6.45, 7) is 5.58. The van der Waals surface area contributed by atoms with Crippen molar-refractivity contribution in [3.63, 3.8) is 0 Å². The smallest absolute Gasteiger partial charge is 0.171 e. The lowest BCUT2D eigenvalue weighted by Crippen LogP contribution is -2.31. The minimum Gasteiger partial charge on any atom is -0.508 e. The highest BCUT2D eigenvalue weighted by atomic mass is 16.3. The Morgan fingerprint density at radius 3 is 2.02 bits per heavy atom. The number of carbonyl (C=O) groups is 1. The molecular formula is C39H38O9. The van der Waals surface area contributed by atoms with Crippen LogP contribution in [0.25, 0.3) is 12.2 Å². The van der Waals surface area contributed by atoms with E-state index in [4.69, 9.17) is 0 Å². The molecule has 48 heavy (non-hydrogen) atoms. The molecule has 248 valence electrons. The molecule has 0 radical (unpaired) electrons. The van der Waals surface area contributed by atoms with Gasteiger partial charge in [-0.3, -0.25) is 4.79 Å². The Hall–Kier alpha value is -5.83. The fourth-order valence-corrected chi connectivity index (χ4v) is 6.41. The second-order valence-corrected chi connectivity index (χ2v) is 12.5. The van der Waals surface area contributed by atoms with Gasteiger partial charge in [0, 0.05) is 46.6 Å². The van der Waals surface area contributed by atoms with Gasteiger partial charge in [-0.15, -0.1) is 0 Å². The number of phenolic OH excluding ortho intramolecular Hbond substituents is 8. The van der Waals surface area contributed by atoms with E-state index < -0.39 is 23.5 Å². The third kappa shape index (κ3) is 6.80. The second kappa shape index (κ2) is 13.5. The van der Waals surface area contributed by atoms with Crippen molar-refractivity contribution >= 4 is 17.9 Å². The predicted molar refractivity (Wildman–Crippen MR) is 183 cm³/mol. The molecule has 0 saturated heterocycles. The Morgan fingerprint density at radius 2 is 1.40 bits per heavy atom. The summed E-state index contributed by atoms with van der Waals surface area (Å²) < 4.78 is 0. The van der Waals surface area contributed by atoms with Gasteiger partial charge >= 0.3 is 0 Å². The van der Waals surface area contributed by atoms with Crippen LogP contribution in [0.4, 0.5) is 0 Å². The molecule has 0 saturated carbocycles. The average molecular weight is 651 g/mol. The molecule has 1 aliphatic carbocycles. The Morgan fingerprint density at radius 1 is 0.750 bits per heavy atom. The molecular weight excluding hydrogens is 612 g/mol. The molecule has 0 aromatic heterocycles. The maximum Gasteiger partial charge on any atom is 0.171 e. The number of Topliss-reactive ketones (excluding diaryl/α,β-unsaturated/α-hetero) is 1. The van der Waals surface area contributed by atoms with E-state index in [2.05, 4.69) is 0 Å². The van der Waals surface area contributed by atoms with E-state index in [9.17, 15) is 45.6 Å². The van der Waals surface area contributed by atoms with Crippen LogP contribution in [0.3, 0.4) is 0 Å². The van der Waals surface area contributed by atoms with Crippen molar-refractivity contribution in [3.05, 3.63) is 117 Å². The molecule has 4 aromatic carbocycles. The second-order valence-electron chi connectivity index (χ2n) is 12.5. The first-order chi connectivity index (χ1) is 22.7. The zero-order valence-corrected chi connectivity index (χ0v) is 26.7. The summed E-state index contributed by atoms with van der Waals surface area (Å²) in [6, 6.07) is 13.7. The van der Waals surface area contributed by atoms with Gasteiger partial charge in [-0.25, -0.2) is 0 Å². The van der Waals surface area contributed by atoms with Crippen molar-refractivity contribution in [2.75, 3.05) is 0 Å². The molecule has 0 spiro atoms. The van der Waals surface area contributed by atoms with Gasteiger partial charge in [-0.2, -0.15) is 0 Å². The highest BCUT2D eigenvalue weighted by Crippen LogP contribution is 2.53. The first kappa shape index (κ1) is 33.5. The Labute approximate surface area is 278 Å². The van der Waals surface area contributed by atoms with E-state index in [1.807, 2.05) is 26.8 Å². The van der Waals surface area contributed by atoms with E-state index in [0.717, 1.165) is 11.1 Å². The predicted octanol–water partition coefficient (Wildman–Crippen LogP) is 7.73. The minimum atomic E-state index is -1.07. The summed E-state index contributed by atoms with van der Waals surface area (Å²) in [5, 5.41) is 85.3. The molecule has 9 heteroatoms. The molecule has 0 fully saturated rings. The van der Waals surface area contributed by atoms with E-state index in [1.54, 1.807) is 18.2 Å². The fourth-order valence-electron chi connectivity index (χ4n) is 6.41. The first-order valence-corrected chi connectivity index (χ1v) is 15.4. The van der Waals surface area contributed by atoms with Crippen LogP contribution in [-0.2, 0) is 6.42 Å². The fraction of sp³-hybridized carbons (Fsp3) is 0.205. The van der Waals surface area contributed by atoms with Crippen molar-refractivity contribution in [1.29, 1.82) is 0 Å².